The molecule has 1 unspecified atom stereocenters. The molecular weight excluding hydrogens is 276 g/mol. The zero-order valence-electron chi connectivity index (χ0n) is 12.1. The van der Waals surface area contributed by atoms with Crippen molar-refractivity contribution < 1.29 is 24.5 Å². The van der Waals surface area contributed by atoms with Gasteiger partial charge in [-0.25, -0.2) is 9.59 Å². The first kappa shape index (κ1) is 16.8. The van der Waals surface area contributed by atoms with E-state index < -0.39 is 18.7 Å². The fourth-order valence-corrected chi connectivity index (χ4v) is 1.51. The van der Waals surface area contributed by atoms with Crippen LogP contribution >= 0.6 is 0 Å². The Morgan fingerprint density at radius 1 is 1.43 bits per heavy atom. The predicted molar refractivity (Wildman–Crippen MR) is 77.5 cm³/mol. The van der Waals surface area contributed by atoms with E-state index in [0.717, 1.165) is 0 Å². The van der Waals surface area contributed by atoms with Gasteiger partial charge in [0.2, 0.25) is 0 Å². The Morgan fingerprint density at radius 3 is 2.76 bits per heavy atom. The van der Waals surface area contributed by atoms with E-state index in [-0.39, 0.29) is 6.03 Å². The normalized spacial score (nSPS) is 11.6. The molecule has 7 nitrogen and oxygen atoms in total. The number of carboxylic acid groups (broad SMARTS) is 1. The monoisotopic (exact) mass is 296 g/mol. The second kappa shape index (κ2) is 8.11. The molecule has 21 heavy (non-hydrogen) atoms. The van der Waals surface area contributed by atoms with Gasteiger partial charge in [0.1, 0.15) is 5.75 Å². The number of hydrogen-bond acceptors (Lipinski definition) is 4. The Bertz CT molecular complexity index is 490. The summed E-state index contributed by atoms with van der Waals surface area (Å²) in [6.45, 7) is 1.65. The number of ether oxygens (including phenoxy) is 1. The Morgan fingerprint density at radius 2 is 2.14 bits per heavy atom. The molecule has 0 aliphatic heterocycles. The first-order valence-corrected chi connectivity index (χ1v) is 6.53. The number of aliphatic hydroxyl groups is 1. The highest BCUT2D eigenvalue weighted by Gasteiger charge is 2.10. The van der Waals surface area contributed by atoms with E-state index in [0.29, 0.717) is 24.4 Å². The molecule has 116 valence electrons. The van der Waals surface area contributed by atoms with Crippen LogP contribution in [0, 0.1) is 0 Å². The fourth-order valence-electron chi connectivity index (χ4n) is 1.51. The number of benzene rings is 1. The van der Waals surface area contributed by atoms with Crippen LogP contribution in [-0.2, 0) is 4.79 Å². The van der Waals surface area contributed by atoms with E-state index in [1.165, 1.54) is 4.90 Å². The lowest BCUT2D eigenvalue weighted by molar-refractivity contribution is -0.139. The molecule has 0 heterocycles. The third-order valence-corrected chi connectivity index (χ3v) is 2.68. The fraction of sp³-hybridized carbons (Fsp3) is 0.429. The zero-order chi connectivity index (χ0) is 15.8. The number of nitrogens with one attached hydrogen (secondary N) is 1. The molecular formula is C14H20N2O5. The highest BCUT2D eigenvalue weighted by molar-refractivity contribution is 5.89. The molecule has 0 aromatic heterocycles. The number of rotatable bonds is 7. The van der Waals surface area contributed by atoms with Gasteiger partial charge in [-0.2, -0.15) is 0 Å². The minimum absolute atomic E-state index is 0.314. The summed E-state index contributed by atoms with van der Waals surface area (Å²) in [5.41, 5.74) is 0.506. The number of nitrogens with zero attached hydrogens (tertiary/aromatic N) is 1. The lowest BCUT2D eigenvalue weighted by Crippen LogP contribution is -2.33. The lowest BCUT2D eigenvalue weighted by atomic mass is 10.3. The van der Waals surface area contributed by atoms with Crippen molar-refractivity contribution in [3.63, 3.8) is 0 Å². The van der Waals surface area contributed by atoms with E-state index in [2.05, 4.69) is 5.32 Å². The van der Waals surface area contributed by atoms with Crippen molar-refractivity contribution in [2.24, 2.45) is 0 Å². The van der Waals surface area contributed by atoms with E-state index in [1.807, 2.05) is 0 Å². The van der Waals surface area contributed by atoms with Gasteiger partial charge in [-0.05, 0) is 25.5 Å². The maximum Gasteiger partial charge on any atom is 0.341 e. The van der Waals surface area contributed by atoms with Gasteiger partial charge in [0.15, 0.2) is 6.61 Å². The van der Waals surface area contributed by atoms with Crippen molar-refractivity contribution in [1.29, 1.82) is 0 Å². The molecule has 0 saturated carbocycles. The molecule has 0 spiro atoms. The summed E-state index contributed by atoms with van der Waals surface area (Å²) in [7, 11) is 1.63. The zero-order valence-corrected chi connectivity index (χ0v) is 12.1. The smallest absolute Gasteiger partial charge is 0.341 e. The molecule has 2 amide bonds. The highest BCUT2D eigenvalue weighted by Crippen LogP contribution is 2.17. The van der Waals surface area contributed by atoms with E-state index in [1.54, 1.807) is 38.2 Å². The number of aliphatic hydroxyl groups excluding tert-OH is 1. The number of aliphatic carboxylic acids is 1. The van der Waals surface area contributed by atoms with E-state index >= 15 is 0 Å². The molecule has 0 bridgehead atoms. The first-order chi connectivity index (χ1) is 9.88. The summed E-state index contributed by atoms with van der Waals surface area (Å²) >= 11 is 0. The molecule has 7 heteroatoms. The van der Waals surface area contributed by atoms with Crippen LogP contribution in [-0.4, -0.2) is 53.4 Å². The average molecular weight is 296 g/mol. The lowest BCUT2D eigenvalue weighted by Gasteiger charge is -2.18. The van der Waals surface area contributed by atoms with Crippen LogP contribution in [0.4, 0.5) is 10.5 Å². The molecule has 3 N–H and O–H groups in total. The molecule has 0 saturated heterocycles. The quantitative estimate of drug-likeness (QED) is 0.706. The summed E-state index contributed by atoms with van der Waals surface area (Å²) in [5, 5.41) is 20.4. The van der Waals surface area contributed by atoms with Crippen LogP contribution in [0.2, 0.25) is 0 Å². The predicted octanol–water partition coefficient (Wildman–Crippen LogP) is 1.38. The minimum atomic E-state index is -1.07. The third-order valence-electron chi connectivity index (χ3n) is 2.68. The summed E-state index contributed by atoms with van der Waals surface area (Å²) in [4.78, 5) is 23.8. The SMILES string of the molecule is CC(O)CCN(C)C(=O)Nc1cccc(OCC(=O)O)c1. The number of carbonyl (C=O) groups excluding carboxylic acids is 1. The molecule has 0 fully saturated rings. The molecule has 0 radical (unpaired) electrons. The third kappa shape index (κ3) is 6.62. The van der Waals surface area contributed by atoms with Gasteiger partial charge < -0.3 is 25.2 Å². The Hall–Kier alpha value is -2.28. The van der Waals surface area contributed by atoms with Crippen molar-refractivity contribution in [2.75, 3.05) is 25.5 Å². The standard InChI is InChI=1S/C14H20N2O5/c1-10(17)6-7-16(2)14(20)15-11-4-3-5-12(8-11)21-9-13(18)19/h3-5,8,10,17H,6-7,9H2,1-2H3,(H,15,20)(H,18,19). The summed E-state index contributed by atoms with van der Waals surface area (Å²) < 4.78 is 5.03. The van der Waals surface area contributed by atoms with Crippen LogP contribution in [0.5, 0.6) is 5.75 Å². The summed E-state index contributed by atoms with van der Waals surface area (Å²) in [5.74, 6) is -0.705. The van der Waals surface area contributed by atoms with Crippen molar-refractivity contribution in [1.82, 2.24) is 4.90 Å². The van der Waals surface area contributed by atoms with Crippen LogP contribution in [0.3, 0.4) is 0 Å². The number of anilines is 1. The number of hydrogen-bond donors (Lipinski definition) is 3. The van der Waals surface area contributed by atoms with Crippen molar-refractivity contribution >= 4 is 17.7 Å². The number of carbonyl (C=O) groups is 2. The number of carboxylic acids is 1. The van der Waals surface area contributed by atoms with Gasteiger partial charge in [-0.15, -0.1) is 0 Å². The van der Waals surface area contributed by atoms with E-state index in [9.17, 15) is 14.7 Å². The molecule has 1 rings (SSSR count). The first-order valence-electron chi connectivity index (χ1n) is 6.53. The van der Waals surface area contributed by atoms with Crippen LogP contribution in [0.15, 0.2) is 24.3 Å². The van der Waals surface area contributed by atoms with Gasteiger partial charge in [0, 0.05) is 25.3 Å². The second-order valence-electron chi connectivity index (χ2n) is 4.70. The second-order valence-corrected chi connectivity index (χ2v) is 4.70. The molecule has 1 atom stereocenters. The van der Waals surface area contributed by atoms with Crippen molar-refractivity contribution in [2.45, 2.75) is 19.4 Å². The molecule has 0 aliphatic carbocycles. The van der Waals surface area contributed by atoms with Crippen LogP contribution in [0.1, 0.15) is 13.3 Å². The number of urea groups is 1. The van der Waals surface area contributed by atoms with Gasteiger partial charge >= 0.3 is 12.0 Å². The van der Waals surface area contributed by atoms with Crippen LogP contribution < -0.4 is 10.1 Å². The average Bonchev–Trinajstić information content (AvgIpc) is 2.42. The topological polar surface area (TPSA) is 99.1 Å². The van der Waals surface area contributed by atoms with Gasteiger partial charge in [-0.3, -0.25) is 0 Å². The van der Waals surface area contributed by atoms with Gasteiger partial charge in [0.05, 0.1) is 6.10 Å². The minimum Gasteiger partial charge on any atom is -0.482 e. The Labute approximate surface area is 123 Å². The maximum absolute atomic E-state index is 11.9. The highest BCUT2D eigenvalue weighted by atomic mass is 16.5. The molecule has 0 aliphatic rings. The Balaban J connectivity index is 2.55. The van der Waals surface area contributed by atoms with Gasteiger partial charge in [-0.1, -0.05) is 6.07 Å². The summed E-state index contributed by atoms with van der Waals surface area (Å²) in [6, 6.07) is 6.17. The summed E-state index contributed by atoms with van der Waals surface area (Å²) in [6.07, 6.45) is 0.0269. The van der Waals surface area contributed by atoms with Gasteiger partial charge in [0.25, 0.3) is 0 Å². The molecule has 1 aromatic carbocycles. The number of amides is 2. The van der Waals surface area contributed by atoms with Crippen molar-refractivity contribution in [3.8, 4) is 5.75 Å². The Kier molecular flexibility index (Phi) is 6.48. The van der Waals surface area contributed by atoms with Crippen molar-refractivity contribution in [3.05, 3.63) is 24.3 Å². The largest absolute Gasteiger partial charge is 0.482 e. The molecule has 1 aromatic rings. The maximum atomic E-state index is 11.9. The van der Waals surface area contributed by atoms with E-state index in [4.69, 9.17) is 9.84 Å². The van der Waals surface area contributed by atoms with Crippen LogP contribution in [0.25, 0.3) is 0 Å².